The van der Waals surface area contributed by atoms with E-state index in [1.165, 1.54) is 12.5 Å². The summed E-state index contributed by atoms with van der Waals surface area (Å²) in [6.45, 7) is 0.796. The number of rotatable bonds is 3. The molecule has 1 aromatic rings. The number of fused-ring (bicyclic) bond motifs is 2. The van der Waals surface area contributed by atoms with Crippen LogP contribution in [-0.2, 0) is 9.53 Å². The van der Waals surface area contributed by atoms with Gasteiger partial charge in [-0.2, -0.15) is 0 Å². The molecule has 5 unspecified atom stereocenters. The van der Waals surface area contributed by atoms with E-state index in [1.807, 2.05) is 0 Å². The molecule has 1 saturated heterocycles. The Bertz CT molecular complexity index is 703. The molecule has 5 rings (SSSR count). The minimum Gasteiger partial charge on any atom is -0.377 e. The van der Waals surface area contributed by atoms with E-state index in [-0.39, 0.29) is 29.2 Å². The van der Waals surface area contributed by atoms with E-state index < -0.39 is 11.6 Å². The molecule has 1 heterocycles. The van der Waals surface area contributed by atoms with Crippen LogP contribution in [0.2, 0.25) is 0 Å². The molecule has 3 saturated carbocycles. The summed E-state index contributed by atoms with van der Waals surface area (Å²) in [6, 6.07) is 4.43. The Hall–Kier alpha value is -1.49. The lowest BCUT2D eigenvalue weighted by Crippen LogP contribution is -2.71. The van der Waals surface area contributed by atoms with E-state index in [9.17, 15) is 13.6 Å². The number of nitrogens with one attached hydrogen (secondary N) is 1. The summed E-state index contributed by atoms with van der Waals surface area (Å²) in [5.41, 5.74) is 0.495. The van der Waals surface area contributed by atoms with Crippen molar-refractivity contribution in [3.63, 3.8) is 0 Å². The molecular formula is C19H21F2NO2. The lowest BCUT2D eigenvalue weighted by atomic mass is 9.46. The van der Waals surface area contributed by atoms with Crippen molar-refractivity contribution in [3.05, 3.63) is 35.4 Å². The van der Waals surface area contributed by atoms with Crippen LogP contribution in [-0.4, -0.2) is 24.7 Å². The van der Waals surface area contributed by atoms with Gasteiger partial charge >= 0.3 is 0 Å². The summed E-state index contributed by atoms with van der Waals surface area (Å²) in [5, 5.41) is 3.24. The zero-order valence-electron chi connectivity index (χ0n) is 13.4. The molecule has 4 fully saturated rings. The molecule has 3 nitrogen and oxygen atoms in total. The summed E-state index contributed by atoms with van der Waals surface area (Å²) in [7, 11) is 0. The fraction of sp³-hybridized carbons (Fsp3) is 0.632. The number of halogens is 2. The van der Waals surface area contributed by atoms with Crippen LogP contribution in [0, 0.1) is 28.9 Å². The Morgan fingerprint density at radius 2 is 2.12 bits per heavy atom. The SMILES string of the molecule is O=C(NC1C2CCOC2C12CCC2)C1CC1c1cccc(F)c1F. The Morgan fingerprint density at radius 1 is 1.29 bits per heavy atom. The number of carbonyl (C=O) groups is 1. The molecule has 0 aromatic heterocycles. The molecule has 4 aliphatic rings. The average molecular weight is 333 g/mol. The molecule has 128 valence electrons. The number of ether oxygens (including phenoxy) is 1. The third kappa shape index (κ3) is 1.88. The van der Waals surface area contributed by atoms with Crippen molar-refractivity contribution < 1.29 is 18.3 Å². The third-order valence-electron chi connectivity index (χ3n) is 6.84. The highest BCUT2D eigenvalue weighted by Gasteiger charge is 2.67. The van der Waals surface area contributed by atoms with Gasteiger partial charge in [0.05, 0.1) is 6.10 Å². The Balaban J connectivity index is 1.28. The maximum atomic E-state index is 13.9. The molecule has 5 heteroatoms. The summed E-state index contributed by atoms with van der Waals surface area (Å²) in [6.07, 6.45) is 5.42. The van der Waals surface area contributed by atoms with E-state index in [4.69, 9.17) is 4.74 Å². The molecule has 1 amide bonds. The highest BCUT2D eigenvalue weighted by atomic mass is 19.2. The van der Waals surface area contributed by atoms with Crippen molar-refractivity contribution in [2.45, 2.75) is 50.2 Å². The quantitative estimate of drug-likeness (QED) is 0.923. The molecule has 24 heavy (non-hydrogen) atoms. The van der Waals surface area contributed by atoms with Gasteiger partial charge in [0.1, 0.15) is 0 Å². The molecule has 1 aromatic carbocycles. The zero-order chi connectivity index (χ0) is 16.5. The smallest absolute Gasteiger partial charge is 0.223 e. The van der Waals surface area contributed by atoms with Crippen LogP contribution >= 0.6 is 0 Å². The second-order valence-corrected chi connectivity index (χ2v) is 7.91. The summed E-state index contributed by atoms with van der Waals surface area (Å²) >= 11 is 0. The lowest BCUT2D eigenvalue weighted by molar-refractivity contribution is -0.179. The van der Waals surface area contributed by atoms with Gasteiger partial charge in [-0.3, -0.25) is 4.79 Å². The minimum absolute atomic E-state index is 0.00489. The third-order valence-corrected chi connectivity index (χ3v) is 6.84. The molecule has 0 bridgehead atoms. The Labute approximate surface area is 139 Å². The second kappa shape index (κ2) is 5.01. The highest BCUT2D eigenvalue weighted by Crippen LogP contribution is 2.63. The second-order valence-electron chi connectivity index (χ2n) is 7.91. The first kappa shape index (κ1) is 14.8. The average Bonchev–Trinajstić information content (AvgIpc) is 3.20. The number of amides is 1. The molecule has 3 aliphatic carbocycles. The fourth-order valence-corrected chi connectivity index (χ4v) is 5.35. The Morgan fingerprint density at radius 3 is 2.88 bits per heavy atom. The van der Waals surface area contributed by atoms with E-state index in [2.05, 4.69) is 5.32 Å². The van der Waals surface area contributed by atoms with Crippen LogP contribution in [0.3, 0.4) is 0 Å². The first-order chi connectivity index (χ1) is 11.6. The van der Waals surface area contributed by atoms with Crippen LogP contribution in [0.5, 0.6) is 0 Å². The summed E-state index contributed by atoms with van der Waals surface area (Å²) < 4.78 is 33.2. The van der Waals surface area contributed by atoms with E-state index >= 15 is 0 Å². The molecule has 5 atom stereocenters. The molecule has 1 aliphatic heterocycles. The first-order valence-electron chi connectivity index (χ1n) is 8.98. The van der Waals surface area contributed by atoms with Crippen molar-refractivity contribution in [2.24, 2.45) is 17.3 Å². The van der Waals surface area contributed by atoms with Gasteiger partial charge in [-0.25, -0.2) is 8.78 Å². The zero-order valence-corrected chi connectivity index (χ0v) is 13.4. The standard InChI is InChI=1S/C19H21F2NO2/c20-14-4-1-3-10(15(14)21)12-9-13(12)18(23)22-16-11-5-8-24-17(11)19(16)6-2-7-19/h1,3-4,11-13,16-17H,2,5-9H2,(H,22,23). The maximum Gasteiger partial charge on any atom is 0.223 e. The normalized spacial score (nSPS) is 38.2. The Kier molecular flexibility index (Phi) is 3.09. The maximum absolute atomic E-state index is 13.9. The van der Waals surface area contributed by atoms with Gasteiger partial charge < -0.3 is 10.1 Å². The van der Waals surface area contributed by atoms with Crippen LogP contribution in [0.4, 0.5) is 8.78 Å². The van der Waals surface area contributed by atoms with Crippen LogP contribution in [0.25, 0.3) is 0 Å². The topological polar surface area (TPSA) is 38.3 Å². The monoisotopic (exact) mass is 333 g/mol. The van der Waals surface area contributed by atoms with Gasteiger partial charge in [-0.05, 0) is 43.2 Å². The van der Waals surface area contributed by atoms with Crippen molar-refractivity contribution in [2.75, 3.05) is 6.61 Å². The predicted molar refractivity (Wildman–Crippen MR) is 83.3 cm³/mol. The largest absolute Gasteiger partial charge is 0.377 e. The fourth-order valence-electron chi connectivity index (χ4n) is 5.35. The highest BCUT2D eigenvalue weighted by molar-refractivity contribution is 5.83. The van der Waals surface area contributed by atoms with Gasteiger partial charge in [0.25, 0.3) is 0 Å². The summed E-state index contributed by atoms with van der Waals surface area (Å²) in [5.74, 6) is -1.60. The van der Waals surface area contributed by atoms with E-state index in [0.29, 0.717) is 24.0 Å². The number of carbonyl (C=O) groups excluding carboxylic acids is 1. The van der Waals surface area contributed by atoms with Gasteiger partial charge in [-0.1, -0.05) is 18.6 Å². The van der Waals surface area contributed by atoms with Gasteiger partial charge in [-0.15, -0.1) is 0 Å². The van der Waals surface area contributed by atoms with Gasteiger partial charge in [0.2, 0.25) is 5.91 Å². The lowest BCUT2D eigenvalue weighted by Gasteiger charge is -2.63. The molecular weight excluding hydrogens is 312 g/mol. The van der Waals surface area contributed by atoms with E-state index in [1.54, 1.807) is 6.07 Å². The van der Waals surface area contributed by atoms with Crippen LogP contribution in [0.1, 0.15) is 43.6 Å². The molecule has 0 radical (unpaired) electrons. The van der Waals surface area contributed by atoms with E-state index in [0.717, 1.165) is 31.9 Å². The van der Waals surface area contributed by atoms with Crippen LogP contribution in [0.15, 0.2) is 18.2 Å². The number of hydrogen-bond donors (Lipinski definition) is 1. The van der Waals surface area contributed by atoms with Crippen molar-refractivity contribution in [3.8, 4) is 0 Å². The summed E-state index contributed by atoms with van der Waals surface area (Å²) in [4.78, 5) is 12.6. The molecule has 1 spiro atoms. The van der Waals surface area contributed by atoms with Crippen molar-refractivity contribution in [1.29, 1.82) is 0 Å². The molecule has 1 N–H and O–H groups in total. The van der Waals surface area contributed by atoms with Gasteiger partial charge in [0, 0.05) is 29.9 Å². The van der Waals surface area contributed by atoms with Crippen LogP contribution < -0.4 is 5.32 Å². The number of benzene rings is 1. The van der Waals surface area contributed by atoms with Crippen molar-refractivity contribution in [1.82, 2.24) is 5.32 Å². The van der Waals surface area contributed by atoms with Crippen molar-refractivity contribution >= 4 is 5.91 Å². The predicted octanol–water partition coefficient (Wildman–Crippen LogP) is 3.14. The first-order valence-corrected chi connectivity index (χ1v) is 8.98. The van der Waals surface area contributed by atoms with Gasteiger partial charge in [0.15, 0.2) is 11.6 Å². The minimum atomic E-state index is -0.836. The number of hydrogen-bond acceptors (Lipinski definition) is 2.